The van der Waals surface area contributed by atoms with Crippen molar-refractivity contribution < 1.29 is 36.9 Å². The molecule has 0 spiro atoms. The van der Waals surface area contributed by atoms with Crippen molar-refractivity contribution in [1.82, 2.24) is 15.0 Å². The van der Waals surface area contributed by atoms with Gasteiger partial charge in [0.05, 0.1) is 38.7 Å². The van der Waals surface area contributed by atoms with Crippen LogP contribution in [0.25, 0.3) is 0 Å². The van der Waals surface area contributed by atoms with Crippen LogP contribution in [0.15, 0.2) is 48.5 Å². The van der Waals surface area contributed by atoms with Crippen LogP contribution in [0, 0.1) is 0 Å². The summed E-state index contributed by atoms with van der Waals surface area (Å²) < 4.78 is 59.4. The number of alkyl halides is 3. The predicted molar refractivity (Wildman–Crippen MR) is 131 cm³/mol. The number of hydrogen-bond acceptors (Lipinski definition) is 7. The first-order chi connectivity index (χ1) is 18.3. The molecule has 0 unspecified atom stereocenters. The predicted octanol–water partition coefficient (Wildman–Crippen LogP) is 5.65. The van der Waals surface area contributed by atoms with Crippen LogP contribution >= 0.6 is 0 Å². The molecule has 0 N–H and O–H groups in total. The summed E-state index contributed by atoms with van der Waals surface area (Å²) in [6.45, 7) is 2.50. The van der Waals surface area contributed by atoms with Gasteiger partial charge in [-0.05, 0) is 73.9 Å². The normalized spacial score (nSPS) is 17.7. The van der Waals surface area contributed by atoms with Gasteiger partial charge in [0.2, 0.25) is 0 Å². The molecule has 2 aromatic carbocycles. The number of methoxy groups -OCH3 is 1. The van der Waals surface area contributed by atoms with Crippen molar-refractivity contribution in [2.24, 2.45) is 0 Å². The molecule has 1 aliphatic rings. The fourth-order valence-corrected chi connectivity index (χ4v) is 4.57. The van der Waals surface area contributed by atoms with Gasteiger partial charge in [-0.25, -0.2) is 9.48 Å². The molecule has 0 atom stereocenters. The van der Waals surface area contributed by atoms with Gasteiger partial charge in [0.1, 0.15) is 11.5 Å². The van der Waals surface area contributed by atoms with Gasteiger partial charge < -0.3 is 18.9 Å². The number of carbonyl (C=O) groups excluding carboxylic acids is 1. The molecular weight excluding hydrogens is 503 g/mol. The van der Waals surface area contributed by atoms with Gasteiger partial charge in [-0.15, -0.1) is 18.3 Å². The smallest absolute Gasteiger partial charge is 0.497 e. The molecule has 4 rings (SSSR count). The van der Waals surface area contributed by atoms with Gasteiger partial charge >= 0.3 is 12.3 Å². The van der Waals surface area contributed by atoms with Crippen LogP contribution in [0.4, 0.5) is 13.2 Å². The Morgan fingerprint density at radius 1 is 1.00 bits per heavy atom. The van der Waals surface area contributed by atoms with Crippen LogP contribution in [0.2, 0.25) is 0 Å². The number of ether oxygens (including phenoxy) is 4. The monoisotopic (exact) mass is 533 g/mol. The lowest BCUT2D eigenvalue weighted by molar-refractivity contribution is -0.274. The minimum atomic E-state index is -4.70. The fourth-order valence-electron chi connectivity index (χ4n) is 4.57. The van der Waals surface area contributed by atoms with Crippen LogP contribution in [0.3, 0.4) is 0 Å². The zero-order valence-corrected chi connectivity index (χ0v) is 21.2. The molecule has 0 bridgehead atoms. The quantitative estimate of drug-likeness (QED) is 0.311. The van der Waals surface area contributed by atoms with E-state index >= 15 is 0 Å². The SMILES string of the molecule is CCOC(=O)c1nnn(Cc2ccc(OC)cc2)c1COC1CCC(c2ccc(OC(F)(F)F)cc2)CC1. The molecular formula is C27H30F3N3O5. The molecule has 0 saturated heterocycles. The number of benzene rings is 2. The van der Waals surface area contributed by atoms with Gasteiger partial charge in [-0.1, -0.05) is 29.5 Å². The van der Waals surface area contributed by atoms with Crippen molar-refractivity contribution in [3.05, 3.63) is 71.0 Å². The van der Waals surface area contributed by atoms with E-state index in [4.69, 9.17) is 14.2 Å². The summed E-state index contributed by atoms with van der Waals surface area (Å²) in [7, 11) is 1.60. The maximum Gasteiger partial charge on any atom is 0.573 e. The van der Waals surface area contributed by atoms with E-state index in [-0.39, 0.29) is 36.7 Å². The summed E-state index contributed by atoms with van der Waals surface area (Å²) in [5.41, 5.74) is 2.61. The summed E-state index contributed by atoms with van der Waals surface area (Å²) >= 11 is 0. The van der Waals surface area contributed by atoms with Crippen LogP contribution in [0.1, 0.15) is 65.8 Å². The second-order valence-electron chi connectivity index (χ2n) is 9.01. The lowest BCUT2D eigenvalue weighted by atomic mass is 9.83. The Labute approximate surface area is 218 Å². The Bertz CT molecular complexity index is 1190. The molecule has 204 valence electrons. The zero-order chi connectivity index (χ0) is 27.1. The van der Waals surface area contributed by atoms with Gasteiger partial charge in [-0.2, -0.15) is 0 Å². The van der Waals surface area contributed by atoms with Crippen LogP contribution in [-0.4, -0.2) is 47.1 Å². The lowest BCUT2D eigenvalue weighted by Gasteiger charge is -2.29. The lowest BCUT2D eigenvalue weighted by Crippen LogP contribution is -2.22. The van der Waals surface area contributed by atoms with Crippen LogP contribution in [0.5, 0.6) is 11.5 Å². The number of halogens is 3. The zero-order valence-electron chi connectivity index (χ0n) is 21.2. The minimum Gasteiger partial charge on any atom is -0.497 e. The molecule has 11 heteroatoms. The maximum absolute atomic E-state index is 12.5. The van der Waals surface area contributed by atoms with E-state index in [2.05, 4.69) is 15.0 Å². The summed E-state index contributed by atoms with van der Waals surface area (Å²) in [4.78, 5) is 12.5. The molecule has 1 heterocycles. The first kappa shape index (κ1) is 27.4. The third-order valence-electron chi connectivity index (χ3n) is 6.51. The van der Waals surface area contributed by atoms with Crippen molar-refractivity contribution in [1.29, 1.82) is 0 Å². The minimum absolute atomic E-state index is 0.0292. The molecule has 38 heavy (non-hydrogen) atoms. The van der Waals surface area contributed by atoms with E-state index < -0.39 is 12.3 Å². The summed E-state index contributed by atoms with van der Waals surface area (Å²) in [6.07, 6.45) is -1.51. The van der Waals surface area contributed by atoms with Crippen molar-refractivity contribution in [2.75, 3.05) is 13.7 Å². The first-order valence-corrected chi connectivity index (χ1v) is 12.5. The van der Waals surface area contributed by atoms with E-state index in [1.165, 1.54) is 12.1 Å². The topological polar surface area (TPSA) is 84.7 Å². The third-order valence-corrected chi connectivity index (χ3v) is 6.51. The summed E-state index contributed by atoms with van der Waals surface area (Å²) in [6, 6.07) is 13.6. The first-order valence-electron chi connectivity index (χ1n) is 12.5. The van der Waals surface area contributed by atoms with E-state index in [0.29, 0.717) is 12.2 Å². The van der Waals surface area contributed by atoms with E-state index in [9.17, 15) is 18.0 Å². The average molecular weight is 534 g/mol. The van der Waals surface area contributed by atoms with Crippen LogP contribution in [-0.2, 0) is 22.6 Å². The van der Waals surface area contributed by atoms with Crippen molar-refractivity contribution in [2.45, 2.75) is 64.1 Å². The molecule has 3 aromatic rings. The van der Waals surface area contributed by atoms with E-state index in [0.717, 1.165) is 42.6 Å². The molecule has 1 saturated carbocycles. The Hall–Kier alpha value is -3.60. The van der Waals surface area contributed by atoms with Gasteiger partial charge in [0, 0.05) is 0 Å². The third kappa shape index (κ3) is 7.25. The van der Waals surface area contributed by atoms with Crippen LogP contribution < -0.4 is 9.47 Å². The fraction of sp³-hybridized carbons (Fsp3) is 0.444. The highest BCUT2D eigenvalue weighted by Crippen LogP contribution is 2.35. The highest BCUT2D eigenvalue weighted by molar-refractivity contribution is 5.88. The molecule has 1 aliphatic carbocycles. The maximum atomic E-state index is 12.5. The second-order valence-corrected chi connectivity index (χ2v) is 9.01. The number of hydrogen-bond donors (Lipinski definition) is 0. The number of rotatable bonds is 10. The number of esters is 1. The van der Waals surface area contributed by atoms with Gasteiger partial charge in [0.15, 0.2) is 5.69 Å². The van der Waals surface area contributed by atoms with Crippen molar-refractivity contribution >= 4 is 5.97 Å². The molecule has 0 amide bonds. The Kier molecular flexibility index (Phi) is 8.88. The number of carbonyl (C=O) groups is 1. The van der Waals surface area contributed by atoms with Gasteiger partial charge in [-0.3, -0.25) is 0 Å². The van der Waals surface area contributed by atoms with Crippen molar-refractivity contribution in [3.63, 3.8) is 0 Å². The van der Waals surface area contributed by atoms with Gasteiger partial charge in [0.25, 0.3) is 0 Å². The molecule has 0 aliphatic heterocycles. The number of aromatic nitrogens is 3. The summed E-state index contributed by atoms with van der Waals surface area (Å²) in [5.74, 6) is 0.195. The highest BCUT2D eigenvalue weighted by Gasteiger charge is 2.31. The molecule has 1 fully saturated rings. The molecule has 8 nitrogen and oxygen atoms in total. The Morgan fingerprint density at radius 2 is 1.66 bits per heavy atom. The number of nitrogens with zero attached hydrogens (tertiary/aromatic N) is 3. The summed E-state index contributed by atoms with van der Waals surface area (Å²) in [5, 5.41) is 8.24. The standard InChI is InChI=1S/C27H30F3N3O5/c1-3-36-26(34)25-24(33(32-31-25)16-18-4-10-21(35-2)11-5-18)17-37-22-12-6-19(7-13-22)20-8-14-23(15-9-20)38-27(28,29)30/h4-5,8-11,14-15,19,22H,3,6-7,12-13,16-17H2,1-2H3. The Morgan fingerprint density at radius 3 is 2.26 bits per heavy atom. The van der Waals surface area contributed by atoms with Crippen molar-refractivity contribution in [3.8, 4) is 11.5 Å². The van der Waals surface area contributed by atoms with E-state index in [1.54, 1.807) is 30.8 Å². The highest BCUT2D eigenvalue weighted by atomic mass is 19.4. The Balaban J connectivity index is 1.37. The average Bonchev–Trinajstić information content (AvgIpc) is 3.30. The second kappa shape index (κ2) is 12.3. The van der Waals surface area contributed by atoms with E-state index in [1.807, 2.05) is 24.3 Å². The molecule has 0 radical (unpaired) electrons. The largest absolute Gasteiger partial charge is 0.573 e. The molecule has 1 aromatic heterocycles.